The molecule has 7 nitrogen and oxygen atoms in total. The number of carbonyl (C=O) groups is 3. The number of benzene rings is 3. The van der Waals surface area contributed by atoms with Crippen LogP contribution in [0, 0.1) is 6.92 Å². The number of nitrogens with one attached hydrogen (secondary N) is 1. The third-order valence-corrected chi connectivity index (χ3v) is 5.37. The van der Waals surface area contributed by atoms with E-state index in [2.05, 4.69) is 5.32 Å². The Balaban J connectivity index is 1.59. The molecule has 0 aliphatic carbocycles. The molecule has 1 fully saturated rings. The number of urea groups is 1. The van der Waals surface area contributed by atoms with Gasteiger partial charge in [0.1, 0.15) is 23.7 Å². The number of rotatable bonds is 8. The Morgan fingerprint density at radius 1 is 0.914 bits per heavy atom. The summed E-state index contributed by atoms with van der Waals surface area (Å²) in [5, 5.41) is 2.25. The van der Waals surface area contributed by atoms with Crippen LogP contribution in [0.4, 0.5) is 10.5 Å². The second-order valence-electron chi connectivity index (χ2n) is 8.12. The molecular weight excluding hydrogens is 444 g/mol. The third kappa shape index (κ3) is 5.58. The highest BCUT2D eigenvalue weighted by molar-refractivity contribution is 6.39. The largest absolute Gasteiger partial charge is 0.494 e. The van der Waals surface area contributed by atoms with E-state index in [1.807, 2.05) is 44.2 Å². The van der Waals surface area contributed by atoms with Crippen LogP contribution in [-0.2, 0) is 16.2 Å². The van der Waals surface area contributed by atoms with Crippen LogP contribution < -0.4 is 19.7 Å². The van der Waals surface area contributed by atoms with E-state index >= 15 is 0 Å². The van der Waals surface area contributed by atoms with Gasteiger partial charge in [0.15, 0.2) is 0 Å². The molecule has 35 heavy (non-hydrogen) atoms. The highest BCUT2D eigenvalue weighted by atomic mass is 16.5. The lowest BCUT2D eigenvalue weighted by atomic mass is 10.1. The van der Waals surface area contributed by atoms with Gasteiger partial charge in [-0.1, -0.05) is 55.0 Å². The second kappa shape index (κ2) is 10.7. The van der Waals surface area contributed by atoms with Crippen LogP contribution in [0.15, 0.2) is 78.4 Å². The van der Waals surface area contributed by atoms with Crippen LogP contribution in [0.5, 0.6) is 11.5 Å². The second-order valence-corrected chi connectivity index (χ2v) is 8.12. The number of hydrogen-bond acceptors (Lipinski definition) is 5. The van der Waals surface area contributed by atoms with Crippen molar-refractivity contribution in [2.24, 2.45) is 0 Å². The lowest BCUT2D eigenvalue weighted by Crippen LogP contribution is -2.54. The molecule has 1 saturated heterocycles. The highest BCUT2D eigenvalue weighted by Gasteiger charge is 2.37. The number of nitrogens with zero attached hydrogens (tertiary/aromatic N) is 1. The van der Waals surface area contributed by atoms with Crippen molar-refractivity contribution in [1.29, 1.82) is 0 Å². The average molecular weight is 471 g/mol. The maximum Gasteiger partial charge on any atom is 0.335 e. The van der Waals surface area contributed by atoms with Gasteiger partial charge in [-0.25, -0.2) is 9.69 Å². The molecule has 0 bridgehead atoms. The molecule has 4 amide bonds. The first-order chi connectivity index (χ1) is 17.0. The number of hydrogen-bond donors (Lipinski definition) is 1. The molecule has 3 aromatic rings. The van der Waals surface area contributed by atoms with Crippen molar-refractivity contribution in [2.75, 3.05) is 11.5 Å². The number of amides is 4. The van der Waals surface area contributed by atoms with Gasteiger partial charge in [-0.2, -0.15) is 0 Å². The predicted octanol–water partition coefficient (Wildman–Crippen LogP) is 5.03. The number of anilines is 1. The monoisotopic (exact) mass is 470 g/mol. The number of imide groups is 2. The number of ether oxygens (including phenoxy) is 2. The van der Waals surface area contributed by atoms with Crippen molar-refractivity contribution in [2.45, 2.75) is 26.9 Å². The minimum Gasteiger partial charge on any atom is -0.494 e. The first-order valence-electron chi connectivity index (χ1n) is 11.4. The summed E-state index contributed by atoms with van der Waals surface area (Å²) in [5.74, 6) is -0.322. The fourth-order valence-corrected chi connectivity index (χ4v) is 3.65. The summed E-state index contributed by atoms with van der Waals surface area (Å²) in [6.07, 6.45) is 2.31. The normalized spacial score (nSPS) is 14.7. The summed E-state index contributed by atoms with van der Waals surface area (Å²) in [5.41, 5.74) is 2.85. The summed E-state index contributed by atoms with van der Waals surface area (Å²) < 4.78 is 11.5. The summed E-state index contributed by atoms with van der Waals surface area (Å²) >= 11 is 0. The van der Waals surface area contributed by atoms with Gasteiger partial charge in [-0.05, 0) is 55.3 Å². The van der Waals surface area contributed by atoms with E-state index in [-0.39, 0.29) is 5.57 Å². The predicted molar refractivity (Wildman–Crippen MR) is 133 cm³/mol. The average Bonchev–Trinajstić information content (AvgIpc) is 2.85. The Hall–Kier alpha value is -4.39. The van der Waals surface area contributed by atoms with E-state index in [0.29, 0.717) is 36.0 Å². The smallest absolute Gasteiger partial charge is 0.335 e. The van der Waals surface area contributed by atoms with Crippen molar-refractivity contribution >= 4 is 29.6 Å². The van der Waals surface area contributed by atoms with Gasteiger partial charge in [-0.3, -0.25) is 14.9 Å². The molecule has 0 atom stereocenters. The quantitative estimate of drug-likeness (QED) is 0.369. The van der Waals surface area contributed by atoms with Crippen molar-refractivity contribution in [3.8, 4) is 11.5 Å². The Morgan fingerprint density at radius 2 is 1.69 bits per heavy atom. The molecule has 0 unspecified atom stereocenters. The molecule has 1 aliphatic heterocycles. The Bertz CT molecular complexity index is 1280. The molecule has 0 radical (unpaired) electrons. The topological polar surface area (TPSA) is 84.9 Å². The highest BCUT2D eigenvalue weighted by Crippen LogP contribution is 2.27. The standard InChI is InChI=1S/C28H26N2O5/c1-3-15-34-23-13-11-22(12-14-23)30-27(32)24(26(31)29-28(30)33)17-21-9-4-5-10-25(21)35-18-20-8-6-7-19(2)16-20/h4-14,16-17H,3,15,18H2,1-2H3,(H,29,31,33)/b24-17-. The van der Waals surface area contributed by atoms with E-state index in [1.54, 1.807) is 42.5 Å². The molecule has 3 aromatic carbocycles. The zero-order chi connectivity index (χ0) is 24.8. The van der Waals surface area contributed by atoms with Crippen LogP contribution >= 0.6 is 0 Å². The lowest BCUT2D eigenvalue weighted by Gasteiger charge is -2.26. The summed E-state index contributed by atoms with van der Waals surface area (Å²) in [6, 6.07) is 20.9. The molecule has 7 heteroatoms. The van der Waals surface area contributed by atoms with Crippen molar-refractivity contribution in [1.82, 2.24) is 5.32 Å². The number of barbiturate groups is 1. The fourth-order valence-electron chi connectivity index (χ4n) is 3.65. The minimum atomic E-state index is -0.802. The molecule has 1 heterocycles. The van der Waals surface area contributed by atoms with Gasteiger partial charge >= 0.3 is 6.03 Å². The van der Waals surface area contributed by atoms with E-state index in [4.69, 9.17) is 9.47 Å². The molecule has 178 valence electrons. The summed E-state index contributed by atoms with van der Waals surface area (Å²) in [4.78, 5) is 39.3. The van der Waals surface area contributed by atoms with E-state index < -0.39 is 17.8 Å². The van der Waals surface area contributed by atoms with Crippen molar-refractivity contribution in [3.05, 3.63) is 95.1 Å². The molecule has 0 saturated carbocycles. The third-order valence-electron chi connectivity index (χ3n) is 5.37. The minimum absolute atomic E-state index is 0.164. The van der Waals surface area contributed by atoms with Gasteiger partial charge in [0, 0.05) is 5.56 Å². The maximum absolute atomic E-state index is 13.2. The van der Waals surface area contributed by atoms with Gasteiger partial charge in [0.05, 0.1) is 12.3 Å². The summed E-state index contributed by atoms with van der Waals surface area (Å²) in [7, 11) is 0. The van der Waals surface area contributed by atoms with E-state index in [9.17, 15) is 14.4 Å². The Labute approximate surface area is 204 Å². The maximum atomic E-state index is 13.2. The molecule has 0 aromatic heterocycles. The molecule has 4 rings (SSSR count). The van der Waals surface area contributed by atoms with Crippen LogP contribution in [0.2, 0.25) is 0 Å². The van der Waals surface area contributed by atoms with Gasteiger partial charge in [-0.15, -0.1) is 0 Å². The SMILES string of the molecule is CCCOc1ccc(N2C(=O)NC(=O)/C(=C/c3ccccc3OCc3cccc(C)c3)C2=O)cc1. The van der Waals surface area contributed by atoms with Gasteiger partial charge in [0.25, 0.3) is 11.8 Å². The Kier molecular flexibility index (Phi) is 7.26. The van der Waals surface area contributed by atoms with Crippen LogP contribution in [-0.4, -0.2) is 24.5 Å². The molecular formula is C28H26N2O5. The zero-order valence-electron chi connectivity index (χ0n) is 19.6. The number of para-hydroxylation sites is 1. The number of aryl methyl sites for hydroxylation is 1. The molecule has 0 spiro atoms. The molecule has 1 N–H and O–H groups in total. The van der Waals surface area contributed by atoms with Crippen LogP contribution in [0.3, 0.4) is 0 Å². The van der Waals surface area contributed by atoms with Gasteiger partial charge < -0.3 is 9.47 Å². The fraction of sp³-hybridized carbons (Fsp3) is 0.179. The van der Waals surface area contributed by atoms with Crippen molar-refractivity contribution < 1.29 is 23.9 Å². The lowest BCUT2D eigenvalue weighted by molar-refractivity contribution is -0.122. The van der Waals surface area contributed by atoms with Crippen molar-refractivity contribution in [3.63, 3.8) is 0 Å². The first kappa shape index (κ1) is 23.8. The van der Waals surface area contributed by atoms with Crippen LogP contribution in [0.1, 0.15) is 30.0 Å². The van der Waals surface area contributed by atoms with E-state index in [1.165, 1.54) is 6.08 Å². The van der Waals surface area contributed by atoms with Gasteiger partial charge in [0.2, 0.25) is 0 Å². The Morgan fingerprint density at radius 3 is 2.43 bits per heavy atom. The van der Waals surface area contributed by atoms with Crippen LogP contribution in [0.25, 0.3) is 6.08 Å². The summed E-state index contributed by atoms with van der Waals surface area (Å²) in [6.45, 7) is 4.91. The van der Waals surface area contributed by atoms with E-state index in [0.717, 1.165) is 22.4 Å². The molecule has 1 aliphatic rings. The number of carbonyl (C=O) groups excluding carboxylic acids is 3. The first-order valence-corrected chi connectivity index (χ1v) is 11.4. The zero-order valence-corrected chi connectivity index (χ0v) is 19.6.